The van der Waals surface area contributed by atoms with Crippen LogP contribution in [0.2, 0.25) is 0 Å². The molecule has 1 aromatic carbocycles. The van der Waals surface area contributed by atoms with Crippen molar-refractivity contribution in [2.75, 3.05) is 0 Å². The van der Waals surface area contributed by atoms with E-state index in [9.17, 15) is 0 Å². The van der Waals surface area contributed by atoms with E-state index in [1.165, 1.54) is 29.1 Å². The fraction of sp³-hybridized carbons (Fsp3) is 0.375. The summed E-state index contributed by atoms with van der Waals surface area (Å²) in [6.07, 6.45) is 4.21. The van der Waals surface area contributed by atoms with Crippen LogP contribution in [-0.4, -0.2) is 25.2 Å². The molecule has 4 rings (SSSR count). The summed E-state index contributed by atoms with van der Waals surface area (Å²) in [6, 6.07) is 8.53. The number of hydrogen-bond donors (Lipinski definition) is 1. The number of thiazole rings is 1. The van der Waals surface area contributed by atoms with Crippen molar-refractivity contribution in [3.63, 3.8) is 0 Å². The maximum absolute atomic E-state index is 4.72. The molecular weight excluding hydrogens is 308 g/mol. The number of nitrogens with zero attached hydrogens (tertiary/aromatic N) is 5. The molecule has 1 N–H and O–H groups in total. The van der Waals surface area contributed by atoms with E-state index in [2.05, 4.69) is 45.3 Å². The topological polar surface area (TPSA) is 68.5 Å². The molecule has 1 atom stereocenters. The van der Waals surface area contributed by atoms with Crippen LogP contribution in [0.3, 0.4) is 0 Å². The minimum Gasteiger partial charge on any atom is -0.304 e. The number of rotatable bonds is 6. The average molecular weight is 326 g/mol. The first-order valence-electron chi connectivity index (χ1n) is 7.80. The lowest BCUT2D eigenvalue weighted by Gasteiger charge is -2.13. The molecular formula is C16H18N6S. The molecule has 7 heteroatoms. The molecule has 0 amide bonds. The highest BCUT2D eigenvalue weighted by atomic mass is 32.1. The van der Waals surface area contributed by atoms with E-state index < -0.39 is 0 Å². The Bertz CT molecular complexity index is 760. The minimum atomic E-state index is 0.270. The number of hydrogen-bond acceptors (Lipinski definition) is 6. The molecule has 0 saturated heterocycles. The van der Waals surface area contributed by atoms with Gasteiger partial charge in [0.05, 0.1) is 11.4 Å². The van der Waals surface area contributed by atoms with Crippen LogP contribution in [0.25, 0.3) is 5.69 Å². The molecule has 23 heavy (non-hydrogen) atoms. The summed E-state index contributed by atoms with van der Waals surface area (Å²) in [7, 11) is 0. The van der Waals surface area contributed by atoms with Gasteiger partial charge in [-0.15, -0.1) is 16.4 Å². The normalized spacial score (nSPS) is 15.7. The maximum atomic E-state index is 4.72. The van der Waals surface area contributed by atoms with Crippen LogP contribution in [0.5, 0.6) is 0 Å². The highest BCUT2D eigenvalue weighted by Crippen LogP contribution is 2.40. The first-order valence-corrected chi connectivity index (χ1v) is 8.68. The van der Waals surface area contributed by atoms with Gasteiger partial charge in [-0.05, 0) is 47.9 Å². The predicted molar refractivity (Wildman–Crippen MR) is 88.5 cm³/mol. The quantitative estimate of drug-likeness (QED) is 0.754. The molecule has 1 aliphatic carbocycles. The largest absolute Gasteiger partial charge is 0.304 e. The zero-order valence-corrected chi connectivity index (χ0v) is 13.7. The first kappa shape index (κ1) is 14.5. The molecule has 0 spiro atoms. The third kappa shape index (κ3) is 3.30. The second-order valence-electron chi connectivity index (χ2n) is 5.89. The molecule has 118 valence electrons. The van der Waals surface area contributed by atoms with Crippen molar-refractivity contribution in [2.24, 2.45) is 0 Å². The van der Waals surface area contributed by atoms with E-state index in [4.69, 9.17) is 4.98 Å². The van der Waals surface area contributed by atoms with Crippen molar-refractivity contribution in [3.05, 3.63) is 52.2 Å². The average Bonchev–Trinajstić information content (AvgIpc) is 3.11. The van der Waals surface area contributed by atoms with Gasteiger partial charge in [-0.25, -0.2) is 9.67 Å². The number of benzene rings is 1. The number of aromatic nitrogens is 5. The van der Waals surface area contributed by atoms with Crippen LogP contribution >= 0.6 is 11.3 Å². The SMILES string of the molecule is C[C@H](NCc1nc(C2CC2)cs1)c1ccc(-n2cnnn2)cc1. The predicted octanol–water partition coefficient (Wildman–Crippen LogP) is 2.85. The third-order valence-corrected chi connectivity index (χ3v) is 5.00. The minimum absolute atomic E-state index is 0.270. The van der Waals surface area contributed by atoms with Crippen molar-refractivity contribution in [1.29, 1.82) is 0 Å². The Morgan fingerprint density at radius 1 is 1.30 bits per heavy atom. The van der Waals surface area contributed by atoms with Crippen molar-refractivity contribution < 1.29 is 0 Å². The lowest BCUT2D eigenvalue weighted by Crippen LogP contribution is -2.18. The summed E-state index contributed by atoms with van der Waals surface area (Å²) in [5, 5.41) is 18.1. The summed E-state index contributed by atoms with van der Waals surface area (Å²) in [5.74, 6) is 0.733. The van der Waals surface area contributed by atoms with E-state index in [1.54, 1.807) is 22.3 Å². The van der Waals surface area contributed by atoms with Gasteiger partial charge in [-0.2, -0.15) is 0 Å². The summed E-state index contributed by atoms with van der Waals surface area (Å²) in [5.41, 5.74) is 3.48. The molecule has 0 aliphatic heterocycles. The molecule has 1 saturated carbocycles. The Morgan fingerprint density at radius 3 is 2.83 bits per heavy atom. The van der Waals surface area contributed by atoms with Gasteiger partial charge >= 0.3 is 0 Å². The second kappa shape index (κ2) is 6.17. The van der Waals surface area contributed by atoms with Gasteiger partial charge in [0.2, 0.25) is 0 Å². The Morgan fingerprint density at radius 2 is 2.13 bits per heavy atom. The van der Waals surface area contributed by atoms with Crippen LogP contribution in [0.4, 0.5) is 0 Å². The molecule has 2 heterocycles. The van der Waals surface area contributed by atoms with E-state index in [-0.39, 0.29) is 6.04 Å². The third-order valence-electron chi connectivity index (χ3n) is 4.13. The molecule has 2 aromatic heterocycles. The molecule has 1 fully saturated rings. The lowest BCUT2D eigenvalue weighted by atomic mass is 10.1. The van der Waals surface area contributed by atoms with E-state index in [0.29, 0.717) is 0 Å². The van der Waals surface area contributed by atoms with Gasteiger partial charge in [-0.3, -0.25) is 0 Å². The summed E-state index contributed by atoms with van der Waals surface area (Å²) < 4.78 is 1.65. The van der Waals surface area contributed by atoms with Crippen LogP contribution in [0, 0.1) is 0 Å². The van der Waals surface area contributed by atoms with Gasteiger partial charge in [0.15, 0.2) is 0 Å². The number of tetrazole rings is 1. The molecule has 0 bridgehead atoms. The fourth-order valence-electron chi connectivity index (χ4n) is 2.53. The second-order valence-corrected chi connectivity index (χ2v) is 6.83. The first-order chi connectivity index (χ1) is 11.3. The Labute approximate surface area is 138 Å². The summed E-state index contributed by atoms with van der Waals surface area (Å²) in [4.78, 5) is 4.72. The highest BCUT2D eigenvalue weighted by molar-refractivity contribution is 7.09. The fourth-order valence-corrected chi connectivity index (χ4v) is 3.35. The molecule has 6 nitrogen and oxygen atoms in total. The van der Waals surface area contributed by atoms with Gasteiger partial charge < -0.3 is 5.32 Å². The molecule has 3 aromatic rings. The van der Waals surface area contributed by atoms with E-state index in [0.717, 1.165) is 18.2 Å². The van der Waals surface area contributed by atoms with Crippen LogP contribution in [0.1, 0.15) is 48.0 Å². The van der Waals surface area contributed by atoms with Crippen molar-refractivity contribution in [2.45, 2.75) is 38.3 Å². The Kier molecular flexibility index (Phi) is 3.88. The molecule has 0 radical (unpaired) electrons. The van der Waals surface area contributed by atoms with Gasteiger partial charge in [0, 0.05) is 23.9 Å². The van der Waals surface area contributed by atoms with Crippen LogP contribution < -0.4 is 5.32 Å². The summed E-state index contributed by atoms with van der Waals surface area (Å²) in [6.45, 7) is 2.98. The van der Waals surface area contributed by atoms with Crippen molar-refractivity contribution in [1.82, 2.24) is 30.5 Å². The summed E-state index contributed by atoms with van der Waals surface area (Å²) >= 11 is 1.76. The van der Waals surface area contributed by atoms with E-state index >= 15 is 0 Å². The molecule has 1 aliphatic rings. The van der Waals surface area contributed by atoms with E-state index in [1.807, 2.05) is 12.1 Å². The van der Waals surface area contributed by atoms with Crippen molar-refractivity contribution >= 4 is 11.3 Å². The zero-order chi connectivity index (χ0) is 15.6. The number of nitrogens with one attached hydrogen (secondary N) is 1. The smallest absolute Gasteiger partial charge is 0.143 e. The zero-order valence-electron chi connectivity index (χ0n) is 12.9. The van der Waals surface area contributed by atoms with Crippen LogP contribution in [-0.2, 0) is 6.54 Å². The van der Waals surface area contributed by atoms with Gasteiger partial charge in [0.25, 0.3) is 0 Å². The maximum Gasteiger partial charge on any atom is 0.143 e. The van der Waals surface area contributed by atoms with Crippen molar-refractivity contribution in [3.8, 4) is 5.69 Å². The standard InChI is InChI=1S/C16H18N6S/c1-11(17-8-16-19-15(9-23-16)13-2-3-13)12-4-6-14(7-5-12)22-10-18-20-21-22/h4-7,9-11,13,17H,2-3,8H2,1H3/t11-/m0/s1. The Hall–Kier alpha value is -2.12. The highest BCUT2D eigenvalue weighted by Gasteiger charge is 2.25. The van der Waals surface area contributed by atoms with Gasteiger partial charge in [-0.1, -0.05) is 12.1 Å². The monoisotopic (exact) mass is 326 g/mol. The lowest BCUT2D eigenvalue weighted by molar-refractivity contribution is 0.572. The van der Waals surface area contributed by atoms with Crippen LogP contribution in [0.15, 0.2) is 36.0 Å². The van der Waals surface area contributed by atoms with Gasteiger partial charge in [0.1, 0.15) is 11.3 Å². The molecule has 0 unspecified atom stereocenters. The Balaban J connectivity index is 1.37.